The summed E-state index contributed by atoms with van der Waals surface area (Å²) in [6.45, 7) is 0. The zero-order valence-electron chi connectivity index (χ0n) is 12.9. The molecule has 1 heterocycles. The van der Waals surface area contributed by atoms with Crippen molar-refractivity contribution in [2.45, 2.75) is 18.6 Å². The molecule has 0 radical (unpaired) electrons. The number of aliphatic imine (C=N–C) groups is 1. The normalized spacial score (nSPS) is 12.6. The van der Waals surface area contributed by atoms with Crippen LogP contribution in [0.1, 0.15) is 5.56 Å². The monoisotopic (exact) mass is 450 g/mol. The molecule has 0 bridgehead atoms. The molecule has 0 aliphatic rings. The largest absolute Gasteiger partial charge is 0.278 e. The Labute approximate surface area is 153 Å². The highest BCUT2D eigenvalue weighted by atomic mass is 79.9. The molecule has 1 aromatic heterocycles. The molecule has 1 aromatic carbocycles. The Bertz CT molecular complexity index is 948. The van der Waals surface area contributed by atoms with Gasteiger partial charge in [0.1, 0.15) is 8.42 Å². The number of rotatable bonds is 6. The molecule has 0 saturated carbocycles. The average Bonchev–Trinajstić information content (AvgIpc) is 3.06. The first-order chi connectivity index (χ1) is 11.2. The molecule has 0 N–H and O–H groups in total. The lowest BCUT2D eigenvalue weighted by Crippen LogP contribution is -2.24. The fourth-order valence-corrected chi connectivity index (χ4v) is 6.59. The summed E-state index contributed by atoms with van der Waals surface area (Å²) in [5, 5.41) is 0.625. The second-order valence-corrected chi connectivity index (χ2v) is 10.8. The van der Waals surface area contributed by atoms with Crippen LogP contribution in [0.15, 0.2) is 54.7 Å². The summed E-state index contributed by atoms with van der Waals surface area (Å²) in [6, 6.07) is 9.03. The van der Waals surface area contributed by atoms with Crippen molar-refractivity contribution in [3.05, 3.63) is 42.0 Å². The maximum atomic E-state index is 12.6. The Balaban J connectivity index is 2.42. The van der Waals surface area contributed by atoms with Crippen molar-refractivity contribution in [2.75, 3.05) is 14.1 Å². The molecule has 2 rings (SSSR count). The summed E-state index contributed by atoms with van der Waals surface area (Å²) in [7, 11) is -4.76. The van der Waals surface area contributed by atoms with Gasteiger partial charge in [-0.25, -0.2) is 16.8 Å². The molecule has 24 heavy (non-hydrogen) atoms. The van der Waals surface area contributed by atoms with Gasteiger partial charge >= 0.3 is 0 Å². The summed E-state index contributed by atoms with van der Waals surface area (Å²) in [5.41, 5.74) is 0.948. The van der Waals surface area contributed by atoms with Crippen LogP contribution in [0.4, 0.5) is 0 Å². The lowest BCUT2D eigenvalue weighted by atomic mass is 10.2. The number of hydrogen-bond donors (Lipinski definition) is 0. The summed E-state index contributed by atoms with van der Waals surface area (Å²) >= 11 is 4.02. The molecule has 10 heteroatoms. The van der Waals surface area contributed by atoms with E-state index < -0.39 is 19.9 Å². The van der Waals surface area contributed by atoms with Gasteiger partial charge in [-0.3, -0.25) is 9.30 Å². The van der Waals surface area contributed by atoms with Gasteiger partial charge < -0.3 is 0 Å². The minimum absolute atomic E-state index is 0.0190. The molecular weight excluding hydrogens is 436 g/mol. The quantitative estimate of drug-likeness (QED) is 0.384. The second-order valence-electron chi connectivity index (χ2n) is 4.75. The molecule has 0 atom stereocenters. The van der Waals surface area contributed by atoms with E-state index in [1.807, 2.05) is 0 Å². The molecule has 0 spiro atoms. The third-order valence-corrected chi connectivity index (χ3v) is 9.29. The SMILES string of the molecule is CN=CN(C)S(=O)(=O)c1ccc(S(=O)(=O)c2ccc(CBr)cc2)s1. The van der Waals surface area contributed by atoms with Crippen molar-refractivity contribution < 1.29 is 16.8 Å². The van der Waals surface area contributed by atoms with Gasteiger partial charge in [0.15, 0.2) is 0 Å². The number of thiophene rings is 1. The number of halogens is 1. The van der Waals surface area contributed by atoms with Crippen LogP contribution in [-0.2, 0) is 25.2 Å². The maximum absolute atomic E-state index is 12.6. The predicted molar refractivity (Wildman–Crippen MR) is 98.2 cm³/mol. The molecule has 0 aliphatic carbocycles. The van der Waals surface area contributed by atoms with Crippen molar-refractivity contribution >= 4 is 53.5 Å². The fraction of sp³-hybridized carbons (Fsp3) is 0.214. The summed E-state index contributed by atoms with van der Waals surface area (Å²) in [5.74, 6) is 0. The van der Waals surface area contributed by atoms with E-state index in [4.69, 9.17) is 0 Å². The number of nitrogens with zero attached hydrogens (tertiary/aromatic N) is 2. The maximum Gasteiger partial charge on any atom is 0.274 e. The topological polar surface area (TPSA) is 83.9 Å². The number of benzene rings is 1. The van der Waals surface area contributed by atoms with Crippen molar-refractivity contribution in [1.29, 1.82) is 0 Å². The van der Waals surface area contributed by atoms with Crippen LogP contribution in [0.25, 0.3) is 0 Å². The van der Waals surface area contributed by atoms with Gasteiger partial charge in [-0.2, -0.15) is 0 Å². The van der Waals surface area contributed by atoms with Crippen molar-refractivity contribution in [2.24, 2.45) is 4.99 Å². The smallest absolute Gasteiger partial charge is 0.274 e. The Morgan fingerprint density at radius 2 is 1.67 bits per heavy atom. The van der Waals surface area contributed by atoms with Crippen LogP contribution in [0.2, 0.25) is 0 Å². The molecule has 6 nitrogen and oxygen atoms in total. The van der Waals surface area contributed by atoms with Crippen LogP contribution >= 0.6 is 27.3 Å². The van der Waals surface area contributed by atoms with Crippen LogP contribution in [0, 0.1) is 0 Å². The van der Waals surface area contributed by atoms with Gasteiger partial charge in [0.05, 0.1) is 11.2 Å². The lowest BCUT2D eigenvalue weighted by Gasteiger charge is -2.11. The summed E-state index contributed by atoms with van der Waals surface area (Å²) < 4.78 is 50.8. The van der Waals surface area contributed by atoms with E-state index in [0.29, 0.717) is 5.33 Å². The Morgan fingerprint density at radius 1 is 1.08 bits per heavy atom. The predicted octanol–water partition coefficient (Wildman–Crippen LogP) is 2.75. The van der Waals surface area contributed by atoms with E-state index in [9.17, 15) is 16.8 Å². The zero-order chi connectivity index (χ0) is 18.0. The first-order valence-corrected chi connectivity index (χ1v) is 11.5. The lowest BCUT2D eigenvalue weighted by molar-refractivity contribution is 0.558. The summed E-state index contributed by atoms with van der Waals surface area (Å²) in [4.78, 5) is 3.78. The number of alkyl halides is 1. The van der Waals surface area contributed by atoms with Crippen molar-refractivity contribution in [3.8, 4) is 0 Å². The van der Waals surface area contributed by atoms with E-state index in [-0.39, 0.29) is 13.3 Å². The van der Waals surface area contributed by atoms with Gasteiger partial charge in [0.25, 0.3) is 10.0 Å². The fourth-order valence-electron chi connectivity index (χ4n) is 1.83. The average molecular weight is 451 g/mol. The van der Waals surface area contributed by atoms with E-state index in [1.165, 1.54) is 38.4 Å². The second kappa shape index (κ2) is 7.34. The first-order valence-electron chi connectivity index (χ1n) is 6.63. The van der Waals surface area contributed by atoms with Gasteiger partial charge in [-0.15, -0.1) is 11.3 Å². The third kappa shape index (κ3) is 3.71. The van der Waals surface area contributed by atoms with Crippen LogP contribution in [0.5, 0.6) is 0 Å². The zero-order valence-corrected chi connectivity index (χ0v) is 16.9. The molecular formula is C14H15BrN2O4S3. The molecule has 0 fully saturated rings. The molecule has 0 unspecified atom stereocenters. The number of sulfonamides is 1. The summed E-state index contributed by atoms with van der Waals surface area (Å²) in [6.07, 6.45) is 1.15. The van der Waals surface area contributed by atoms with E-state index in [0.717, 1.165) is 27.5 Å². The van der Waals surface area contributed by atoms with Crippen molar-refractivity contribution in [1.82, 2.24) is 4.31 Å². The van der Waals surface area contributed by atoms with Crippen molar-refractivity contribution in [3.63, 3.8) is 0 Å². The van der Waals surface area contributed by atoms with Gasteiger partial charge in [-0.05, 0) is 29.8 Å². The van der Waals surface area contributed by atoms with Crippen LogP contribution in [0.3, 0.4) is 0 Å². The number of hydrogen-bond acceptors (Lipinski definition) is 6. The molecule has 0 saturated heterocycles. The van der Waals surface area contributed by atoms with Gasteiger partial charge in [0, 0.05) is 19.4 Å². The van der Waals surface area contributed by atoms with Crippen LogP contribution < -0.4 is 0 Å². The highest BCUT2D eigenvalue weighted by Gasteiger charge is 2.26. The standard InChI is InChI=1S/C14H15BrN2O4S3/c1-16-10-17(2)24(20,21)14-8-7-13(22-14)23(18,19)12-5-3-11(9-15)4-6-12/h3-8,10H,9H2,1-2H3. The minimum Gasteiger partial charge on any atom is -0.278 e. The molecule has 2 aromatic rings. The van der Waals surface area contributed by atoms with E-state index >= 15 is 0 Å². The van der Waals surface area contributed by atoms with Crippen LogP contribution in [-0.4, -0.2) is 41.6 Å². The minimum atomic E-state index is -3.80. The highest BCUT2D eigenvalue weighted by molar-refractivity contribution is 9.08. The molecule has 0 amide bonds. The van der Waals surface area contributed by atoms with Gasteiger partial charge in [0.2, 0.25) is 9.84 Å². The molecule has 130 valence electrons. The molecule has 0 aliphatic heterocycles. The number of sulfone groups is 1. The highest BCUT2D eigenvalue weighted by Crippen LogP contribution is 2.31. The third-order valence-electron chi connectivity index (χ3n) is 3.12. The first kappa shape index (κ1) is 19.1. The Hall–Kier alpha value is -1.23. The van der Waals surface area contributed by atoms with E-state index in [1.54, 1.807) is 12.1 Å². The Kier molecular flexibility index (Phi) is 5.84. The Morgan fingerprint density at radius 3 is 2.21 bits per heavy atom. The van der Waals surface area contributed by atoms with Gasteiger partial charge in [-0.1, -0.05) is 28.1 Å². The van der Waals surface area contributed by atoms with E-state index in [2.05, 4.69) is 20.9 Å².